The van der Waals surface area contributed by atoms with Crippen LogP contribution in [0.3, 0.4) is 0 Å². The van der Waals surface area contributed by atoms with Gasteiger partial charge in [0.2, 0.25) is 0 Å². The topological polar surface area (TPSA) is 117 Å². The molecule has 1 atom stereocenters. The van der Waals surface area contributed by atoms with Gasteiger partial charge in [-0.05, 0) is 31.6 Å². The first-order chi connectivity index (χ1) is 10.0. The standard InChI is InChI=1S/C13H19N5O3/c1-3-8-9(4-2)17-18-12(14-8)16-13(21)15-10(11(19)20)7-5-6-7/h7,10H,3-6H2,1-2H3,(H,19,20)(H2,14,15,16,18,21). The van der Waals surface area contributed by atoms with Crippen LogP contribution >= 0.6 is 0 Å². The molecular weight excluding hydrogens is 274 g/mol. The minimum Gasteiger partial charge on any atom is -0.480 e. The van der Waals surface area contributed by atoms with E-state index in [0.717, 1.165) is 30.7 Å². The summed E-state index contributed by atoms with van der Waals surface area (Å²) in [5.74, 6) is -0.926. The number of anilines is 1. The quantitative estimate of drug-likeness (QED) is 0.719. The maximum Gasteiger partial charge on any atom is 0.326 e. The van der Waals surface area contributed by atoms with Gasteiger partial charge in [0.1, 0.15) is 6.04 Å². The molecule has 2 rings (SSSR count). The van der Waals surface area contributed by atoms with Crippen LogP contribution in [0.4, 0.5) is 10.7 Å². The number of amides is 2. The van der Waals surface area contributed by atoms with Crippen molar-refractivity contribution in [2.24, 2.45) is 5.92 Å². The highest BCUT2D eigenvalue weighted by Gasteiger charge is 2.37. The molecule has 0 spiro atoms. The lowest BCUT2D eigenvalue weighted by molar-refractivity contribution is -0.139. The number of nitrogens with zero attached hydrogens (tertiary/aromatic N) is 3. The van der Waals surface area contributed by atoms with Crippen LogP contribution in [0.1, 0.15) is 38.1 Å². The van der Waals surface area contributed by atoms with Gasteiger partial charge in [0.15, 0.2) is 0 Å². The average Bonchev–Trinajstić information content (AvgIpc) is 3.28. The van der Waals surface area contributed by atoms with Crippen molar-refractivity contribution in [3.8, 4) is 0 Å². The molecule has 0 radical (unpaired) electrons. The Labute approximate surface area is 122 Å². The first-order valence-electron chi connectivity index (χ1n) is 7.07. The maximum atomic E-state index is 11.8. The summed E-state index contributed by atoms with van der Waals surface area (Å²) in [4.78, 5) is 27.1. The normalized spacial score (nSPS) is 15.3. The Morgan fingerprint density at radius 1 is 1.24 bits per heavy atom. The minimum atomic E-state index is -1.03. The fourth-order valence-corrected chi connectivity index (χ4v) is 2.08. The number of carbonyl (C=O) groups is 2. The van der Waals surface area contributed by atoms with E-state index in [1.165, 1.54) is 0 Å². The predicted octanol–water partition coefficient (Wildman–Crippen LogP) is 0.981. The van der Waals surface area contributed by atoms with Crippen molar-refractivity contribution < 1.29 is 14.7 Å². The molecule has 2 amide bonds. The van der Waals surface area contributed by atoms with Crippen molar-refractivity contribution in [1.82, 2.24) is 20.5 Å². The zero-order chi connectivity index (χ0) is 15.4. The summed E-state index contributed by atoms with van der Waals surface area (Å²) < 4.78 is 0. The summed E-state index contributed by atoms with van der Waals surface area (Å²) in [6.45, 7) is 3.90. The van der Waals surface area contributed by atoms with Gasteiger partial charge in [-0.3, -0.25) is 5.32 Å². The van der Waals surface area contributed by atoms with Gasteiger partial charge in [0.25, 0.3) is 5.95 Å². The summed E-state index contributed by atoms with van der Waals surface area (Å²) >= 11 is 0. The number of aromatic nitrogens is 3. The highest BCUT2D eigenvalue weighted by Crippen LogP contribution is 2.32. The lowest BCUT2D eigenvalue weighted by Crippen LogP contribution is -2.44. The molecule has 8 heteroatoms. The summed E-state index contributed by atoms with van der Waals surface area (Å²) in [6.07, 6.45) is 3.05. The van der Waals surface area contributed by atoms with Crippen molar-refractivity contribution in [3.63, 3.8) is 0 Å². The first-order valence-corrected chi connectivity index (χ1v) is 7.07. The summed E-state index contributed by atoms with van der Waals surface area (Å²) in [6, 6.07) is -1.49. The number of urea groups is 1. The van der Waals surface area contributed by atoms with Gasteiger partial charge in [0.05, 0.1) is 11.4 Å². The van der Waals surface area contributed by atoms with E-state index in [4.69, 9.17) is 5.11 Å². The molecule has 1 aliphatic carbocycles. The fraction of sp³-hybridized carbons (Fsp3) is 0.615. The van der Waals surface area contributed by atoms with Crippen LogP contribution in [0, 0.1) is 5.92 Å². The second-order valence-corrected chi connectivity index (χ2v) is 4.99. The Hall–Kier alpha value is -2.25. The van der Waals surface area contributed by atoms with E-state index in [9.17, 15) is 9.59 Å². The molecule has 0 aromatic carbocycles. The molecule has 1 aromatic rings. The highest BCUT2D eigenvalue weighted by atomic mass is 16.4. The van der Waals surface area contributed by atoms with Gasteiger partial charge in [-0.1, -0.05) is 13.8 Å². The largest absolute Gasteiger partial charge is 0.480 e. The number of nitrogens with one attached hydrogen (secondary N) is 2. The number of carbonyl (C=O) groups excluding carboxylic acids is 1. The van der Waals surface area contributed by atoms with Gasteiger partial charge < -0.3 is 10.4 Å². The second kappa shape index (κ2) is 6.47. The molecule has 3 N–H and O–H groups in total. The van der Waals surface area contributed by atoms with Crippen molar-refractivity contribution in [2.45, 2.75) is 45.6 Å². The molecule has 1 saturated carbocycles. The van der Waals surface area contributed by atoms with Gasteiger partial charge in [-0.2, -0.15) is 0 Å². The van der Waals surface area contributed by atoms with Crippen LogP contribution in [0.2, 0.25) is 0 Å². The van der Waals surface area contributed by atoms with Crippen LogP contribution in [0.25, 0.3) is 0 Å². The lowest BCUT2D eigenvalue weighted by Gasteiger charge is -2.14. The summed E-state index contributed by atoms with van der Waals surface area (Å²) in [5, 5.41) is 21.8. The van der Waals surface area contributed by atoms with Gasteiger partial charge >= 0.3 is 12.0 Å². The van der Waals surface area contributed by atoms with Gasteiger partial charge in [-0.15, -0.1) is 10.2 Å². The van der Waals surface area contributed by atoms with Gasteiger partial charge in [0, 0.05) is 0 Å². The van der Waals surface area contributed by atoms with E-state index in [-0.39, 0.29) is 11.9 Å². The number of hydrogen-bond acceptors (Lipinski definition) is 5. The van der Waals surface area contributed by atoms with Gasteiger partial charge in [-0.25, -0.2) is 14.6 Å². The zero-order valence-corrected chi connectivity index (χ0v) is 12.1. The molecule has 114 valence electrons. The Morgan fingerprint density at radius 3 is 2.43 bits per heavy atom. The molecule has 1 aliphatic rings. The molecule has 1 fully saturated rings. The number of hydrogen-bond donors (Lipinski definition) is 3. The molecule has 0 bridgehead atoms. The maximum absolute atomic E-state index is 11.8. The first kappa shape index (κ1) is 15.1. The van der Waals surface area contributed by atoms with Crippen LogP contribution in [0.15, 0.2) is 0 Å². The van der Waals surface area contributed by atoms with E-state index < -0.39 is 18.0 Å². The van der Waals surface area contributed by atoms with Crippen molar-refractivity contribution >= 4 is 17.9 Å². The lowest BCUT2D eigenvalue weighted by atomic mass is 10.2. The van der Waals surface area contributed by atoms with E-state index in [1.807, 2.05) is 13.8 Å². The summed E-state index contributed by atoms with van der Waals surface area (Å²) in [5.41, 5.74) is 1.57. The van der Waals surface area contributed by atoms with Crippen LogP contribution in [-0.4, -0.2) is 38.3 Å². The minimum absolute atomic E-state index is 0.0148. The Balaban J connectivity index is 2.00. The molecule has 1 unspecified atom stereocenters. The number of aliphatic carboxylic acids is 1. The Bertz CT molecular complexity index is 545. The SMILES string of the molecule is CCc1nnc(NC(=O)NC(C(=O)O)C2CC2)nc1CC. The number of carboxylic acids is 1. The Kier molecular flexibility index (Phi) is 4.66. The third-order valence-electron chi connectivity index (χ3n) is 3.38. The van der Waals surface area contributed by atoms with Crippen molar-refractivity contribution in [1.29, 1.82) is 0 Å². The molecule has 1 aromatic heterocycles. The number of carboxylic acid groups (broad SMARTS) is 1. The molecule has 0 saturated heterocycles. The average molecular weight is 293 g/mol. The molecule has 8 nitrogen and oxygen atoms in total. The van der Waals surface area contributed by atoms with E-state index in [0.29, 0.717) is 6.42 Å². The van der Waals surface area contributed by atoms with Crippen LogP contribution in [0.5, 0.6) is 0 Å². The second-order valence-electron chi connectivity index (χ2n) is 4.99. The monoisotopic (exact) mass is 293 g/mol. The number of rotatable bonds is 6. The molecule has 0 aliphatic heterocycles. The highest BCUT2D eigenvalue weighted by molar-refractivity contribution is 5.91. The molecule has 21 heavy (non-hydrogen) atoms. The Morgan fingerprint density at radius 2 is 1.90 bits per heavy atom. The third kappa shape index (κ3) is 3.87. The smallest absolute Gasteiger partial charge is 0.326 e. The fourth-order valence-electron chi connectivity index (χ4n) is 2.08. The van der Waals surface area contributed by atoms with Crippen LogP contribution in [-0.2, 0) is 17.6 Å². The van der Waals surface area contributed by atoms with E-state index >= 15 is 0 Å². The number of aryl methyl sites for hydroxylation is 2. The van der Waals surface area contributed by atoms with E-state index in [1.54, 1.807) is 0 Å². The summed E-state index contributed by atoms with van der Waals surface area (Å²) in [7, 11) is 0. The predicted molar refractivity (Wildman–Crippen MR) is 74.9 cm³/mol. The third-order valence-corrected chi connectivity index (χ3v) is 3.38. The van der Waals surface area contributed by atoms with Crippen LogP contribution < -0.4 is 10.6 Å². The molecular formula is C13H19N5O3. The van der Waals surface area contributed by atoms with Crippen molar-refractivity contribution in [2.75, 3.05) is 5.32 Å². The zero-order valence-electron chi connectivity index (χ0n) is 12.1. The molecule has 1 heterocycles. The van der Waals surface area contributed by atoms with Crippen molar-refractivity contribution in [3.05, 3.63) is 11.4 Å². The van der Waals surface area contributed by atoms with E-state index in [2.05, 4.69) is 25.8 Å².